The fourth-order valence-corrected chi connectivity index (χ4v) is 2.70. The lowest BCUT2D eigenvalue weighted by molar-refractivity contribution is -0.115. The molecule has 1 saturated heterocycles. The van der Waals surface area contributed by atoms with Crippen LogP contribution in [0.1, 0.15) is 15.9 Å². The van der Waals surface area contributed by atoms with E-state index in [0.29, 0.717) is 22.0 Å². The molecule has 0 atom stereocenters. The number of ether oxygens (including phenoxy) is 2. The molecule has 0 spiro atoms. The van der Waals surface area contributed by atoms with Crippen molar-refractivity contribution in [3.05, 3.63) is 64.3 Å². The number of benzene rings is 2. The predicted octanol–water partition coefficient (Wildman–Crippen LogP) is 2.91. The number of methoxy groups -OCH3 is 1. The first-order valence-electron chi connectivity index (χ1n) is 7.46. The Morgan fingerprint density at radius 3 is 2.58 bits per heavy atom. The van der Waals surface area contributed by atoms with Gasteiger partial charge in [0.15, 0.2) is 16.6 Å². The molecule has 26 heavy (non-hydrogen) atoms. The van der Waals surface area contributed by atoms with Gasteiger partial charge < -0.3 is 14.8 Å². The van der Waals surface area contributed by atoms with E-state index in [1.807, 2.05) is 0 Å². The number of hydrogen-bond acceptors (Lipinski definition) is 5. The van der Waals surface area contributed by atoms with Crippen LogP contribution < -0.4 is 20.1 Å². The van der Waals surface area contributed by atoms with Gasteiger partial charge in [-0.25, -0.2) is 4.79 Å². The van der Waals surface area contributed by atoms with Crippen LogP contribution in [0.3, 0.4) is 0 Å². The molecule has 0 radical (unpaired) electrons. The van der Waals surface area contributed by atoms with Crippen LogP contribution in [-0.2, 0) is 4.79 Å². The lowest BCUT2D eigenvalue weighted by atomic mass is 10.1. The van der Waals surface area contributed by atoms with E-state index in [2.05, 4.69) is 10.6 Å². The van der Waals surface area contributed by atoms with E-state index in [-0.39, 0.29) is 22.3 Å². The Balaban J connectivity index is 1.85. The molecule has 3 rings (SSSR count). The van der Waals surface area contributed by atoms with Crippen molar-refractivity contribution >= 4 is 46.9 Å². The highest BCUT2D eigenvalue weighted by molar-refractivity contribution is 7.80. The fraction of sp³-hybridized carbons (Fsp3) is 0.0556. The Labute approximate surface area is 159 Å². The molecule has 0 aromatic heterocycles. The highest BCUT2D eigenvalue weighted by Crippen LogP contribution is 2.30. The average molecular weight is 389 g/mol. The molecule has 2 aromatic rings. The number of amides is 1. The topological polar surface area (TPSA) is 76.7 Å². The van der Waals surface area contributed by atoms with Crippen LogP contribution >= 0.6 is 23.8 Å². The van der Waals surface area contributed by atoms with Gasteiger partial charge in [-0.15, -0.1) is 0 Å². The van der Waals surface area contributed by atoms with Crippen molar-refractivity contribution in [1.29, 1.82) is 0 Å². The maximum Gasteiger partial charge on any atom is 0.345 e. The number of hydrogen-bond donors (Lipinski definition) is 2. The Hall–Kier alpha value is -2.90. The van der Waals surface area contributed by atoms with E-state index in [1.54, 1.807) is 48.5 Å². The first-order valence-corrected chi connectivity index (χ1v) is 8.25. The molecular formula is C18H13ClN2O4S. The normalized spacial score (nSPS) is 14.8. The molecule has 132 valence electrons. The Morgan fingerprint density at radius 2 is 1.92 bits per heavy atom. The van der Waals surface area contributed by atoms with Crippen molar-refractivity contribution in [3.63, 3.8) is 0 Å². The molecular weight excluding hydrogens is 376 g/mol. The van der Waals surface area contributed by atoms with Gasteiger partial charge in [-0.1, -0.05) is 29.8 Å². The summed E-state index contributed by atoms with van der Waals surface area (Å²) in [5.41, 5.74) is 1.24. The first kappa shape index (κ1) is 17.9. The second-order valence-corrected chi connectivity index (χ2v) is 6.06. The third kappa shape index (κ3) is 3.84. The number of esters is 1. The van der Waals surface area contributed by atoms with Crippen LogP contribution in [-0.4, -0.2) is 24.1 Å². The van der Waals surface area contributed by atoms with Crippen LogP contribution in [0.2, 0.25) is 5.02 Å². The quantitative estimate of drug-likeness (QED) is 0.363. The predicted molar refractivity (Wildman–Crippen MR) is 101 cm³/mol. The number of halogens is 1. The van der Waals surface area contributed by atoms with Crippen molar-refractivity contribution in [2.75, 3.05) is 7.11 Å². The minimum atomic E-state index is -0.595. The summed E-state index contributed by atoms with van der Waals surface area (Å²) in [6.07, 6.45) is 1.61. The SMILES string of the molecule is COc1cc(/C=C2\NC(=S)NC2=O)ccc1OC(=O)c1ccccc1Cl. The van der Waals surface area contributed by atoms with Gasteiger partial charge in [0.25, 0.3) is 5.91 Å². The number of thiocarbonyl (C=S) groups is 1. The van der Waals surface area contributed by atoms with E-state index in [1.165, 1.54) is 7.11 Å². The minimum Gasteiger partial charge on any atom is -0.493 e. The molecule has 2 N–H and O–H groups in total. The largest absolute Gasteiger partial charge is 0.493 e. The molecule has 0 aliphatic carbocycles. The Bertz CT molecular complexity index is 943. The third-order valence-electron chi connectivity index (χ3n) is 3.51. The summed E-state index contributed by atoms with van der Waals surface area (Å²) in [7, 11) is 1.45. The van der Waals surface area contributed by atoms with Crippen LogP contribution in [0.25, 0.3) is 6.08 Å². The van der Waals surface area contributed by atoms with Crippen molar-refractivity contribution in [1.82, 2.24) is 10.6 Å². The molecule has 0 bridgehead atoms. The van der Waals surface area contributed by atoms with Crippen LogP contribution in [0.15, 0.2) is 48.2 Å². The maximum atomic E-state index is 12.3. The van der Waals surface area contributed by atoms with E-state index < -0.39 is 5.97 Å². The summed E-state index contributed by atoms with van der Waals surface area (Å²) < 4.78 is 10.7. The second kappa shape index (κ2) is 7.55. The minimum absolute atomic E-state index is 0.235. The summed E-state index contributed by atoms with van der Waals surface area (Å²) in [4.78, 5) is 24.0. The zero-order valence-corrected chi connectivity index (χ0v) is 15.1. The highest BCUT2D eigenvalue weighted by atomic mass is 35.5. The molecule has 1 amide bonds. The standard InChI is InChI=1S/C18H13ClN2O4S/c1-24-15-9-10(8-13-16(22)21-18(26)20-13)6-7-14(15)25-17(23)11-4-2-3-5-12(11)19/h2-9H,1H3,(H2,20,21,22,26)/b13-8-. The van der Waals surface area contributed by atoms with Gasteiger partial charge >= 0.3 is 5.97 Å². The second-order valence-electron chi connectivity index (χ2n) is 5.25. The lowest BCUT2D eigenvalue weighted by Gasteiger charge is -2.11. The van der Waals surface area contributed by atoms with Crippen molar-refractivity contribution < 1.29 is 19.1 Å². The van der Waals surface area contributed by atoms with E-state index >= 15 is 0 Å². The van der Waals surface area contributed by atoms with Gasteiger partial charge in [0.1, 0.15) is 5.70 Å². The molecule has 6 nitrogen and oxygen atoms in total. The first-order chi connectivity index (χ1) is 12.5. The van der Waals surface area contributed by atoms with Crippen LogP contribution in [0.4, 0.5) is 0 Å². The van der Waals surface area contributed by atoms with Crippen molar-refractivity contribution in [3.8, 4) is 11.5 Å². The molecule has 1 aliphatic rings. The number of nitrogens with one attached hydrogen (secondary N) is 2. The van der Waals surface area contributed by atoms with Gasteiger partial charge in [0.2, 0.25) is 0 Å². The molecule has 8 heteroatoms. The van der Waals surface area contributed by atoms with Gasteiger partial charge in [-0.3, -0.25) is 10.1 Å². The summed E-state index contributed by atoms with van der Waals surface area (Å²) in [6, 6.07) is 11.5. The maximum absolute atomic E-state index is 12.3. The summed E-state index contributed by atoms with van der Waals surface area (Å²) in [5, 5.41) is 5.78. The molecule has 1 heterocycles. The Morgan fingerprint density at radius 1 is 1.15 bits per heavy atom. The van der Waals surface area contributed by atoms with Gasteiger partial charge in [0, 0.05) is 0 Å². The van der Waals surface area contributed by atoms with E-state index in [9.17, 15) is 9.59 Å². The molecule has 1 fully saturated rings. The number of rotatable bonds is 4. The van der Waals surface area contributed by atoms with Crippen LogP contribution in [0.5, 0.6) is 11.5 Å². The number of carbonyl (C=O) groups excluding carboxylic acids is 2. The van der Waals surface area contributed by atoms with Gasteiger partial charge in [-0.2, -0.15) is 0 Å². The van der Waals surface area contributed by atoms with Crippen molar-refractivity contribution in [2.45, 2.75) is 0 Å². The zero-order valence-electron chi connectivity index (χ0n) is 13.5. The molecule has 1 aliphatic heterocycles. The average Bonchev–Trinajstić information content (AvgIpc) is 2.93. The number of carbonyl (C=O) groups is 2. The Kier molecular flexibility index (Phi) is 5.20. The summed E-state index contributed by atoms with van der Waals surface area (Å²) in [6.45, 7) is 0. The third-order valence-corrected chi connectivity index (χ3v) is 4.05. The smallest absolute Gasteiger partial charge is 0.345 e. The monoisotopic (exact) mass is 388 g/mol. The fourth-order valence-electron chi connectivity index (χ4n) is 2.29. The summed E-state index contributed by atoms with van der Waals surface area (Å²) >= 11 is 10.9. The van der Waals surface area contributed by atoms with Gasteiger partial charge in [0.05, 0.1) is 17.7 Å². The van der Waals surface area contributed by atoms with Crippen molar-refractivity contribution in [2.24, 2.45) is 0 Å². The zero-order chi connectivity index (χ0) is 18.7. The lowest BCUT2D eigenvalue weighted by Crippen LogP contribution is -2.21. The van der Waals surface area contributed by atoms with E-state index in [4.69, 9.17) is 33.3 Å². The summed E-state index contributed by atoms with van der Waals surface area (Å²) in [5.74, 6) is -0.343. The molecule has 0 saturated carbocycles. The molecule has 2 aromatic carbocycles. The van der Waals surface area contributed by atoms with Gasteiger partial charge in [-0.05, 0) is 48.1 Å². The molecule has 0 unspecified atom stereocenters. The highest BCUT2D eigenvalue weighted by Gasteiger charge is 2.20. The van der Waals surface area contributed by atoms with Crippen LogP contribution in [0, 0.1) is 0 Å². The van der Waals surface area contributed by atoms with E-state index in [0.717, 1.165) is 0 Å².